The number of halogens is 1. The third kappa shape index (κ3) is 3.39. The van der Waals surface area contributed by atoms with Crippen molar-refractivity contribution in [2.24, 2.45) is 4.99 Å². The van der Waals surface area contributed by atoms with E-state index in [0.717, 1.165) is 27.8 Å². The topological polar surface area (TPSA) is 25.5 Å². The molecule has 2 nitrogen and oxygen atoms in total. The summed E-state index contributed by atoms with van der Waals surface area (Å²) in [4.78, 5) is 4.30. The van der Waals surface area contributed by atoms with E-state index in [4.69, 9.17) is 4.42 Å². The molecule has 0 spiro atoms. The van der Waals surface area contributed by atoms with Crippen molar-refractivity contribution in [3.05, 3.63) is 66.7 Å². The predicted molar refractivity (Wildman–Crippen MR) is 96.5 cm³/mol. The lowest BCUT2D eigenvalue weighted by Crippen LogP contribution is -1.88. The van der Waals surface area contributed by atoms with Gasteiger partial charge in [-0.05, 0) is 49.6 Å². The molecule has 1 aromatic carbocycles. The molecule has 118 valence electrons. The zero-order chi connectivity index (χ0) is 17.0. The van der Waals surface area contributed by atoms with E-state index < -0.39 is 0 Å². The van der Waals surface area contributed by atoms with Crippen LogP contribution in [0.3, 0.4) is 0 Å². The zero-order valence-corrected chi connectivity index (χ0v) is 13.7. The molecule has 0 atom stereocenters. The Morgan fingerprint density at radius 1 is 1.30 bits per heavy atom. The molecule has 3 heteroatoms. The Balaban J connectivity index is 2.87. The second-order valence-electron chi connectivity index (χ2n) is 5.25. The second kappa shape index (κ2) is 7.05. The smallest absolute Gasteiger partial charge is 0.227 e. The molecule has 1 aromatic heterocycles. The number of hydrogen-bond donors (Lipinski definition) is 0. The molecule has 0 bridgehead atoms. The summed E-state index contributed by atoms with van der Waals surface area (Å²) < 4.78 is 19.7. The van der Waals surface area contributed by atoms with Crippen LogP contribution in [0, 0.1) is 5.82 Å². The highest BCUT2D eigenvalue weighted by Gasteiger charge is 2.22. The number of nitrogens with zero attached hydrogens (tertiary/aromatic N) is 1. The normalized spacial score (nSPS) is 11.9. The van der Waals surface area contributed by atoms with Gasteiger partial charge in [0.25, 0.3) is 0 Å². The molecule has 0 radical (unpaired) electrons. The van der Waals surface area contributed by atoms with Crippen LogP contribution in [0.2, 0.25) is 0 Å². The molecular formula is C20H20FNO. The minimum Gasteiger partial charge on any atom is -0.437 e. The zero-order valence-electron chi connectivity index (χ0n) is 13.7. The van der Waals surface area contributed by atoms with Crippen LogP contribution >= 0.6 is 0 Å². The van der Waals surface area contributed by atoms with Crippen molar-refractivity contribution >= 4 is 23.2 Å². The number of aliphatic imine (C=N–C) groups is 1. The van der Waals surface area contributed by atoms with Crippen molar-refractivity contribution in [2.75, 3.05) is 0 Å². The summed E-state index contributed by atoms with van der Waals surface area (Å²) in [5, 5.41) is 0. The van der Waals surface area contributed by atoms with Gasteiger partial charge in [-0.1, -0.05) is 37.4 Å². The molecule has 23 heavy (non-hydrogen) atoms. The van der Waals surface area contributed by atoms with Gasteiger partial charge < -0.3 is 4.42 Å². The Morgan fingerprint density at radius 2 is 2.04 bits per heavy atom. The van der Waals surface area contributed by atoms with Crippen LogP contribution in [-0.2, 0) is 0 Å². The maximum Gasteiger partial charge on any atom is 0.227 e. The Morgan fingerprint density at radius 3 is 2.61 bits per heavy atom. The van der Waals surface area contributed by atoms with Gasteiger partial charge in [0.1, 0.15) is 11.6 Å². The number of rotatable bonds is 5. The van der Waals surface area contributed by atoms with Gasteiger partial charge in [-0.3, -0.25) is 0 Å². The molecular weight excluding hydrogens is 289 g/mol. The van der Waals surface area contributed by atoms with Crippen LogP contribution < -0.4 is 0 Å². The highest BCUT2D eigenvalue weighted by atomic mass is 19.1. The number of furan rings is 1. The Kier molecular flexibility index (Phi) is 5.12. The Labute approximate surface area is 136 Å². The van der Waals surface area contributed by atoms with E-state index in [1.165, 1.54) is 12.1 Å². The lowest BCUT2D eigenvalue weighted by molar-refractivity contribution is 0.564. The van der Waals surface area contributed by atoms with Gasteiger partial charge in [0.15, 0.2) is 0 Å². The molecule has 0 aliphatic heterocycles. The molecule has 0 amide bonds. The van der Waals surface area contributed by atoms with Gasteiger partial charge in [0, 0.05) is 11.8 Å². The van der Waals surface area contributed by atoms with Crippen molar-refractivity contribution in [2.45, 2.75) is 20.8 Å². The largest absolute Gasteiger partial charge is 0.437 e. The first-order valence-electron chi connectivity index (χ1n) is 7.36. The molecule has 1 heterocycles. The van der Waals surface area contributed by atoms with Crippen molar-refractivity contribution < 1.29 is 8.81 Å². The van der Waals surface area contributed by atoms with E-state index in [9.17, 15) is 4.39 Å². The molecule has 0 saturated carbocycles. The number of allylic oxidation sites excluding steroid dienone is 4. The highest BCUT2D eigenvalue weighted by molar-refractivity contribution is 5.92. The molecule has 0 saturated heterocycles. The van der Waals surface area contributed by atoms with E-state index in [2.05, 4.69) is 18.2 Å². The summed E-state index contributed by atoms with van der Waals surface area (Å²) in [6.07, 6.45) is 5.21. The number of benzene rings is 1. The van der Waals surface area contributed by atoms with Gasteiger partial charge in [-0.2, -0.15) is 0 Å². The Bertz CT molecular complexity index is 809. The number of hydrogen-bond acceptors (Lipinski definition) is 2. The average Bonchev–Trinajstić information content (AvgIpc) is 2.87. The Hall–Kier alpha value is -2.68. The first-order valence-corrected chi connectivity index (χ1v) is 7.36. The van der Waals surface area contributed by atoms with Crippen molar-refractivity contribution in [1.82, 2.24) is 0 Å². The van der Waals surface area contributed by atoms with Gasteiger partial charge in [-0.25, -0.2) is 9.38 Å². The minimum atomic E-state index is -0.298. The van der Waals surface area contributed by atoms with E-state index in [0.29, 0.717) is 11.6 Å². The van der Waals surface area contributed by atoms with E-state index in [1.807, 2.05) is 32.9 Å². The molecule has 2 rings (SSSR count). The van der Waals surface area contributed by atoms with Crippen LogP contribution in [0.4, 0.5) is 10.3 Å². The van der Waals surface area contributed by atoms with E-state index in [-0.39, 0.29) is 5.82 Å². The van der Waals surface area contributed by atoms with Gasteiger partial charge in [-0.15, -0.1) is 0 Å². The van der Waals surface area contributed by atoms with Crippen LogP contribution in [-0.4, -0.2) is 6.21 Å². The maximum atomic E-state index is 13.7. The molecule has 0 aliphatic carbocycles. The molecule has 0 N–H and O–H groups in total. The fraction of sp³-hybridized carbons (Fsp3) is 0.150. The summed E-state index contributed by atoms with van der Waals surface area (Å²) in [6.45, 7) is 13.4. The van der Waals surface area contributed by atoms with Gasteiger partial charge in [0.05, 0.1) is 5.56 Å². The monoisotopic (exact) mass is 309 g/mol. The third-order valence-corrected chi connectivity index (χ3v) is 3.40. The fourth-order valence-corrected chi connectivity index (χ4v) is 2.47. The van der Waals surface area contributed by atoms with E-state index in [1.54, 1.807) is 18.4 Å². The molecule has 2 aromatic rings. The first-order chi connectivity index (χ1) is 11.0. The summed E-state index contributed by atoms with van der Waals surface area (Å²) in [6, 6.07) is 6.44. The van der Waals surface area contributed by atoms with Gasteiger partial charge >= 0.3 is 0 Å². The highest BCUT2D eigenvalue weighted by Crippen LogP contribution is 2.43. The van der Waals surface area contributed by atoms with Crippen LogP contribution in [0.25, 0.3) is 22.3 Å². The quantitative estimate of drug-likeness (QED) is 0.461. The molecule has 0 fully saturated rings. The lowest BCUT2D eigenvalue weighted by Gasteiger charge is -2.07. The minimum absolute atomic E-state index is 0.298. The summed E-state index contributed by atoms with van der Waals surface area (Å²) in [7, 11) is 0. The summed E-state index contributed by atoms with van der Waals surface area (Å²) >= 11 is 0. The van der Waals surface area contributed by atoms with Crippen molar-refractivity contribution in [1.29, 1.82) is 0 Å². The van der Waals surface area contributed by atoms with Crippen LogP contribution in [0.1, 0.15) is 32.1 Å². The van der Waals surface area contributed by atoms with Crippen molar-refractivity contribution in [3.8, 4) is 11.1 Å². The SMILES string of the molecule is C=C/C=C(\C)c1oc(/N=C\C)c(C(=C)C)c1-c1cccc(F)c1. The predicted octanol–water partition coefficient (Wildman–Crippen LogP) is 6.43. The fourth-order valence-electron chi connectivity index (χ4n) is 2.47. The summed E-state index contributed by atoms with van der Waals surface area (Å²) in [5.41, 5.74) is 4.02. The molecule has 0 unspecified atom stereocenters. The van der Waals surface area contributed by atoms with E-state index >= 15 is 0 Å². The summed E-state index contributed by atoms with van der Waals surface area (Å²) in [5.74, 6) is 0.827. The lowest BCUT2D eigenvalue weighted by atomic mass is 9.95. The first kappa shape index (κ1) is 16.7. The standard InChI is InChI=1S/C20H20FNO/c1-6-9-14(5)19-18(15-10-8-11-16(21)12-15)17(13(3)4)20(23-19)22-7-2/h6-12H,1,3H2,2,4-5H3/b14-9+,22-7-. The average molecular weight is 309 g/mol. The van der Waals surface area contributed by atoms with Gasteiger partial charge in [0.2, 0.25) is 5.88 Å². The maximum absolute atomic E-state index is 13.7. The van der Waals surface area contributed by atoms with Crippen LogP contribution in [0.15, 0.2) is 59.0 Å². The molecule has 0 aliphatic rings. The third-order valence-electron chi connectivity index (χ3n) is 3.40. The van der Waals surface area contributed by atoms with Crippen LogP contribution in [0.5, 0.6) is 0 Å². The second-order valence-corrected chi connectivity index (χ2v) is 5.25. The van der Waals surface area contributed by atoms with Crippen molar-refractivity contribution in [3.63, 3.8) is 0 Å².